The van der Waals surface area contributed by atoms with Crippen molar-refractivity contribution in [2.75, 3.05) is 19.6 Å². The molecule has 0 unspecified atom stereocenters. The Bertz CT molecular complexity index is 468. The van der Waals surface area contributed by atoms with Gasteiger partial charge < -0.3 is 0 Å². The van der Waals surface area contributed by atoms with Crippen LogP contribution in [-0.4, -0.2) is 30.3 Å². The molecule has 1 aromatic carbocycles. The molecule has 0 saturated carbocycles. The van der Waals surface area contributed by atoms with Crippen LogP contribution in [0.4, 0.5) is 0 Å². The van der Waals surface area contributed by atoms with Crippen molar-refractivity contribution < 1.29 is 4.79 Å². The first kappa shape index (κ1) is 15.8. The van der Waals surface area contributed by atoms with Crippen LogP contribution in [0.5, 0.6) is 0 Å². The fourth-order valence-electron chi connectivity index (χ4n) is 2.84. The summed E-state index contributed by atoms with van der Waals surface area (Å²) in [6.45, 7) is 4.69. The van der Waals surface area contributed by atoms with Gasteiger partial charge >= 0.3 is 0 Å². The van der Waals surface area contributed by atoms with Gasteiger partial charge in [0.15, 0.2) is 5.78 Å². The quantitative estimate of drug-likeness (QED) is 0.735. The summed E-state index contributed by atoms with van der Waals surface area (Å²) in [5, 5.41) is 1.04. The number of benzene rings is 1. The first-order valence-corrected chi connectivity index (χ1v) is 8.06. The number of carbonyl (C=O) groups excluding carboxylic acids is 1. The Hall–Kier alpha value is -0.570. The van der Waals surface area contributed by atoms with Gasteiger partial charge in [0.2, 0.25) is 0 Å². The molecule has 4 heteroatoms. The summed E-state index contributed by atoms with van der Waals surface area (Å²) in [5.41, 5.74) is 0.537. The van der Waals surface area contributed by atoms with Crippen molar-refractivity contribution in [3.63, 3.8) is 0 Å². The maximum absolute atomic E-state index is 12.3. The summed E-state index contributed by atoms with van der Waals surface area (Å²) < 4.78 is 0. The molecule has 20 heavy (non-hydrogen) atoms. The van der Waals surface area contributed by atoms with Crippen LogP contribution in [0.15, 0.2) is 18.2 Å². The van der Waals surface area contributed by atoms with Crippen LogP contribution in [0.25, 0.3) is 0 Å². The third-order valence-corrected chi connectivity index (χ3v) is 4.56. The first-order valence-electron chi connectivity index (χ1n) is 7.30. The second-order valence-corrected chi connectivity index (χ2v) is 6.40. The molecule has 0 spiro atoms. The SMILES string of the molecule is CCCC1CCN(CC(=O)c2cc(Cl)ccc2Cl)CC1. The van der Waals surface area contributed by atoms with E-state index >= 15 is 0 Å². The summed E-state index contributed by atoms with van der Waals surface area (Å²) in [6, 6.07) is 5.05. The van der Waals surface area contributed by atoms with E-state index < -0.39 is 0 Å². The van der Waals surface area contributed by atoms with Gasteiger partial charge in [-0.1, -0.05) is 43.0 Å². The highest BCUT2D eigenvalue weighted by molar-refractivity contribution is 6.36. The molecule has 0 N–H and O–H groups in total. The molecule has 110 valence electrons. The van der Waals surface area contributed by atoms with Crippen molar-refractivity contribution in [2.45, 2.75) is 32.6 Å². The van der Waals surface area contributed by atoms with Crippen LogP contribution in [0, 0.1) is 5.92 Å². The first-order chi connectivity index (χ1) is 9.60. The summed E-state index contributed by atoms with van der Waals surface area (Å²) in [5.74, 6) is 0.896. The summed E-state index contributed by atoms with van der Waals surface area (Å²) in [4.78, 5) is 14.5. The lowest BCUT2D eigenvalue weighted by molar-refractivity contribution is 0.0893. The van der Waals surface area contributed by atoms with Crippen molar-refractivity contribution in [3.8, 4) is 0 Å². The monoisotopic (exact) mass is 313 g/mol. The molecule has 0 aliphatic carbocycles. The molecule has 2 nitrogen and oxygen atoms in total. The zero-order chi connectivity index (χ0) is 14.5. The molecule has 2 rings (SSSR count). The van der Waals surface area contributed by atoms with E-state index in [1.165, 1.54) is 25.7 Å². The van der Waals surface area contributed by atoms with Crippen molar-refractivity contribution in [1.82, 2.24) is 4.90 Å². The Morgan fingerprint density at radius 1 is 1.30 bits per heavy atom. The number of rotatable bonds is 5. The van der Waals surface area contributed by atoms with Gasteiger partial charge in [-0.3, -0.25) is 9.69 Å². The maximum atomic E-state index is 12.3. The minimum Gasteiger partial charge on any atom is -0.296 e. The third-order valence-electron chi connectivity index (χ3n) is 4.00. The van der Waals surface area contributed by atoms with Crippen LogP contribution in [-0.2, 0) is 0 Å². The van der Waals surface area contributed by atoms with Gasteiger partial charge in [0.1, 0.15) is 0 Å². The van der Waals surface area contributed by atoms with E-state index in [1.807, 2.05) is 0 Å². The van der Waals surface area contributed by atoms with Crippen molar-refractivity contribution >= 4 is 29.0 Å². The number of likely N-dealkylation sites (tertiary alicyclic amines) is 1. The topological polar surface area (TPSA) is 20.3 Å². The molecule has 1 aliphatic heterocycles. The van der Waals surface area contributed by atoms with E-state index in [9.17, 15) is 4.79 Å². The largest absolute Gasteiger partial charge is 0.296 e. The summed E-state index contributed by atoms with van der Waals surface area (Å²) >= 11 is 12.0. The van der Waals surface area contributed by atoms with Crippen molar-refractivity contribution in [2.24, 2.45) is 5.92 Å². The molecule has 1 heterocycles. The van der Waals surface area contributed by atoms with Crippen LogP contribution in [0.3, 0.4) is 0 Å². The highest BCUT2D eigenvalue weighted by Gasteiger charge is 2.21. The number of carbonyl (C=O) groups is 1. The van der Waals surface area contributed by atoms with E-state index in [0.717, 1.165) is 19.0 Å². The molecular weight excluding hydrogens is 293 g/mol. The van der Waals surface area contributed by atoms with E-state index in [1.54, 1.807) is 18.2 Å². The van der Waals surface area contributed by atoms with Gasteiger partial charge in [-0.2, -0.15) is 0 Å². The Morgan fingerprint density at radius 2 is 2.00 bits per heavy atom. The highest BCUT2D eigenvalue weighted by atomic mass is 35.5. The number of hydrogen-bond acceptors (Lipinski definition) is 2. The number of nitrogens with zero attached hydrogens (tertiary/aromatic N) is 1. The Morgan fingerprint density at radius 3 is 2.65 bits per heavy atom. The lowest BCUT2D eigenvalue weighted by atomic mass is 9.92. The minimum atomic E-state index is 0.0615. The van der Waals surface area contributed by atoms with E-state index in [0.29, 0.717) is 22.2 Å². The number of piperidine rings is 1. The zero-order valence-electron chi connectivity index (χ0n) is 11.9. The van der Waals surface area contributed by atoms with Crippen LogP contribution < -0.4 is 0 Å². The highest BCUT2D eigenvalue weighted by Crippen LogP contribution is 2.24. The fraction of sp³-hybridized carbons (Fsp3) is 0.562. The van der Waals surface area contributed by atoms with Crippen LogP contribution in [0.2, 0.25) is 10.0 Å². The molecule has 1 aliphatic rings. The Kier molecular flexibility index (Phi) is 5.88. The van der Waals surface area contributed by atoms with Gasteiger partial charge in [-0.25, -0.2) is 0 Å². The Labute approximate surface area is 131 Å². The van der Waals surface area contributed by atoms with Crippen molar-refractivity contribution in [1.29, 1.82) is 0 Å². The maximum Gasteiger partial charge on any atom is 0.178 e. The number of Topliss-reactive ketones (excluding diaryl/α,β-unsaturated/α-hetero) is 1. The number of hydrogen-bond donors (Lipinski definition) is 0. The van der Waals surface area contributed by atoms with E-state index in [4.69, 9.17) is 23.2 Å². The molecule has 0 radical (unpaired) electrons. The molecular formula is C16H21Cl2NO. The smallest absolute Gasteiger partial charge is 0.178 e. The molecule has 0 amide bonds. The number of ketones is 1. The molecule has 0 atom stereocenters. The predicted octanol–water partition coefficient (Wildman–Crippen LogP) is 4.69. The van der Waals surface area contributed by atoms with Gasteiger partial charge in [0.05, 0.1) is 11.6 Å². The molecule has 1 saturated heterocycles. The lowest BCUT2D eigenvalue weighted by Gasteiger charge is -2.31. The summed E-state index contributed by atoms with van der Waals surface area (Å²) in [6.07, 6.45) is 4.96. The average Bonchev–Trinajstić information content (AvgIpc) is 2.44. The Balaban J connectivity index is 1.91. The van der Waals surface area contributed by atoms with Crippen LogP contribution >= 0.6 is 23.2 Å². The molecule has 1 aromatic rings. The van der Waals surface area contributed by atoms with E-state index in [-0.39, 0.29) is 5.78 Å². The minimum absolute atomic E-state index is 0.0615. The van der Waals surface area contributed by atoms with Crippen molar-refractivity contribution in [3.05, 3.63) is 33.8 Å². The molecule has 0 aromatic heterocycles. The van der Waals surface area contributed by atoms with Gasteiger partial charge in [0, 0.05) is 10.6 Å². The lowest BCUT2D eigenvalue weighted by Crippen LogP contribution is -2.37. The van der Waals surface area contributed by atoms with Gasteiger partial charge in [0.25, 0.3) is 0 Å². The fourth-order valence-corrected chi connectivity index (χ4v) is 3.24. The normalized spacial score (nSPS) is 17.4. The summed E-state index contributed by atoms with van der Waals surface area (Å²) in [7, 11) is 0. The zero-order valence-corrected chi connectivity index (χ0v) is 13.4. The molecule has 0 bridgehead atoms. The standard InChI is InChI=1S/C16H21Cl2NO/c1-2-3-12-6-8-19(9-7-12)11-16(20)14-10-13(17)4-5-15(14)18/h4-5,10,12H,2-3,6-9,11H2,1H3. The van der Waals surface area contributed by atoms with Crippen LogP contribution in [0.1, 0.15) is 43.0 Å². The second-order valence-electron chi connectivity index (χ2n) is 5.56. The number of halogens is 2. The van der Waals surface area contributed by atoms with Gasteiger partial charge in [-0.05, 0) is 50.0 Å². The van der Waals surface area contributed by atoms with Gasteiger partial charge in [-0.15, -0.1) is 0 Å². The third kappa shape index (κ3) is 4.21. The average molecular weight is 314 g/mol. The second kappa shape index (κ2) is 7.44. The molecule has 1 fully saturated rings. The predicted molar refractivity (Wildman–Crippen MR) is 84.9 cm³/mol. The van der Waals surface area contributed by atoms with E-state index in [2.05, 4.69) is 11.8 Å².